The van der Waals surface area contributed by atoms with Crippen LogP contribution in [0.5, 0.6) is 0 Å². The molecule has 0 bridgehead atoms. The van der Waals surface area contributed by atoms with E-state index in [9.17, 15) is 4.79 Å². The van der Waals surface area contributed by atoms with Crippen molar-refractivity contribution in [2.75, 3.05) is 5.32 Å². The van der Waals surface area contributed by atoms with Crippen molar-refractivity contribution in [2.24, 2.45) is 0 Å². The molecular formula is C14H20N4OS2. The van der Waals surface area contributed by atoms with Crippen LogP contribution in [0.4, 0.5) is 5.13 Å². The molecule has 2 N–H and O–H groups in total. The highest BCUT2D eigenvalue weighted by Gasteiger charge is 2.24. The van der Waals surface area contributed by atoms with Crippen molar-refractivity contribution < 1.29 is 4.79 Å². The maximum atomic E-state index is 11.0. The summed E-state index contributed by atoms with van der Waals surface area (Å²) in [5.74, 6) is -0.0991. The van der Waals surface area contributed by atoms with Crippen molar-refractivity contribution >= 4 is 33.7 Å². The number of carbonyl (C=O) groups is 1. The molecule has 0 unspecified atom stereocenters. The molecule has 0 aliphatic heterocycles. The lowest BCUT2D eigenvalue weighted by atomic mass is 10.1. The van der Waals surface area contributed by atoms with Gasteiger partial charge in [-0.1, -0.05) is 0 Å². The van der Waals surface area contributed by atoms with E-state index in [0.717, 1.165) is 16.4 Å². The van der Waals surface area contributed by atoms with E-state index in [0.29, 0.717) is 11.7 Å². The number of rotatable bonds is 5. The molecule has 0 saturated carbocycles. The Hall–Kier alpha value is -1.31. The largest absolute Gasteiger partial charge is 0.302 e. The average molecular weight is 324 g/mol. The molecule has 2 aromatic rings. The molecule has 0 saturated heterocycles. The van der Waals surface area contributed by atoms with E-state index in [-0.39, 0.29) is 11.4 Å². The fourth-order valence-corrected chi connectivity index (χ4v) is 3.47. The van der Waals surface area contributed by atoms with Gasteiger partial charge in [0.2, 0.25) is 5.91 Å². The molecule has 0 aliphatic carbocycles. The Morgan fingerprint density at radius 3 is 2.62 bits per heavy atom. The highest BCUT2D eigenvalue weighted by molar-refractivity contribution is 7.14. The Balaban J connectivity index is 2.01. The molecule has 0 fully saturated rings. The zero-order valence-corrected chi connectivity index (χ0v) is 14.5. The minimum atomic E-state index is -0.207. The van der Waals surface area contributed by atoms with Crippen molar-refractivity contribution in [3.05, 3.63) is 26.7 Å². The van der Waals surface area contributed by atoms with Crippen LogP contribution in [0.3, 0.4) is 0 Å². The molecule has 1 amide bonds. The maximum absolute atomic E-state index is 11.0. The van der Waals surface area contributed by atoms with Crippen LogP contribution in [0.15, 0.2) is 5.38 Å². The average Bonchev–Trinajstić information content (AvgIpc) is 2.95. The molecule has 114 valence electrons. The minimum Gasteiger partial charge on any atom is -0.302 e. The number of hydrogen-bond donors (Lipinski definition) is 2. The van der Waals surface area contributed by atoms with Gasteiger partial charge < -0.3 is 10.6 Å². The monoisotopic (exact) mass is 324 g/mol. The summed E-state index contributed by atoms with van der Waals surface area (Å²) in [5.41, 5.74) is 1.80. The Morgan fingerprint density at radius 2 is 2.05 bits per heavy atom. The summed E-state index contributed by atoms with van der Waals surface area (Å²) in [6, 6.07) is 0. The van der Waals surface area contributed by atoms with Crippen molar-refractivity contribution in [2.45, 2.75) is 46.7 Å². The number of hydrogen-bond acceptors (Lipinski definition) is 6. The number of nitrogens with one attached hydrogen (secondary N) is 2. The Morgan fingerprint density at radius 1 is 1.33 bits per heavy atom. The summed E-state index contributed by atoms with van der Waals surface area (Å²) >= 11 is 3.16. The second-order valence-electron chi connectivity index (χ2n) is 5.46. The summed E-state index contributed by atoms with van der Waals surface area (Å²) in [6.45, 7) is 10.5. The fourth-order valence-electron chi connectivity index (χ4n) is 1.72. The Bertz CT molecular complexity index is 626. The van der Waals surface area contributed by atoms with Crippen molar-refractivity contribution in [3.63, 3.8) is 0 Å². The van der Waals surface area contributed by atoms with Gasteiger partial charge in [0.05, 0.1) is 16.9 Å². The molecular weight excluding hydrogens is 304 g/mol. The van der Waals surface area contributed by atoms with E-state index in [1.165, 1.54) is 23.1 Å². The summed E-state index contributed by atoms with van der Waals surface area (Å²) in [4.78, 5) is 21.2. The number of anilines is 1. The van der Waals surface area contributed by atoms with E-state index in [1.54, 1.807) is 11.3 Å². The lowest BCUT2D eigenvalue weighted by molar-refractivity contribution is -0.114. The summed E-state index contributed by atoms with van der Waals surface area (Å²) in [5, 5.41) is 9.84. The first kappa shape index (κ1) is 16.1. The van der Waals surface area contributed by atoms with Crippen LogP contribution in [0.1, 0.15) is 42.0 Å². The molecule has 7 heteroatoms. The van der Waals surface area contributed by atoms with E-state index >= 15 is 0 Å². The van der Waals surface area contributed by atoms with Crippen LogP contribution in [-0.4, -0.2) is 15.9 Å². The van der Waals surface area contributed by atoms with Crippen molar-refractivity contribution in [1.82, 2.24) is 15.3 Å². The summed E-state index contributed by atoms with van der Waals surface area (Å²) in [6.07, 6.45) is 0. The van der Waals surface area contributed by atoms with Crippen LogP contribution in [0, 0.1) is 13.8 Å². The van der Waals surface area contributed by atoms with E-state index in [1.807, 2.05) is 12.3 Å². The number of thiazole rings is 2. The number of aryl methyl sites for hydroxylation is 2. The zero-order chi connectivity index (χ0) is 15.6. The summed E-state index contributed by atoms with van der Waals surface area (Å²) < 4.78 is 0. The number of carbonyl (C=O) groups excluding carboxylic acids is 1. The Labute approximate surface area is 132 Å². The normalized spacial score (nSPS) is 11.7. The predicted octanol–water partition coefficient (Wildman–Crippen LogP) is 3.20. The van der Waals surface area contributed by atoms with Gasteiger partial charge in [-0.25, -0.2) is 9.97 Å². The third-order valence-electron chi connectivity index (χ3n) is 3.11. The van der Waals surface area contributed by atoms with E-state index in [4.69, 9.17) is 0 Å². The highest BCUT2D eigenvalue weighted by Crippen LogP contribution is 2.27. The number of aromatic nitrogens is 2. The Kier molecular flexibility index (Phi) is 4.75. The van der Waals surface area contributed by atoms with Crippen LogP contribution in [0.25, 0.3) is 0 Å². The van der Waals surface area contributed by atoms with Crippen LogP contribution in [-0.2, 0) is 16.9 Å². The van der Waals surface area contributed by atoms with Gasteiger partial charge in [0.25, 0.3) is 0 Å². The topological polar surface area (TPSA) is 66.9 Å². The molecule has 0 spiro atoms. The van der Waals surface area contributed by atoms with Crippen LogP contribution < -0.4 is 10.6 Å². The van der Waals surface area contributed by atoms with Gasteiger partial charge in [0.1, 0.15) is 5.01 Å². The quantitative estimate of drug-likeness (QED) is 0.886. The lowest BCUT2D eigenvalue weighted by Gasteiger charge is -2.23. The van der Waals surface area contributed by atoms with Crippen molar-refractivity contribution in [1.29, 1.82) is 0 Å². The van der Waals surface area contributed by atoms with Crippen LogP contribution in [0.2, 0.25) is 0 Å². The van der Waals surface area contributed by atoms with E-state index in [2.05, 4.69) is 41.4 Å². The number of amides is 1. The van der Waals surface area contributed by atoms with Gasteiger partial charge in [-0.05, 0) is 27.7 Å². The van der Waals surface area contributed by atoms with Gasteiger partial charge in [-0.2, -0.15) is 0 Å². The maximum Gasteiger partial charge on any atom is 0.223 e. The molecule has 2 heterocycles. The second-order valence-corrected chi connectivity index (χ2v) is 7.53. The fraction of sp³-hybridized carbons (Fsp3) is 0.500. The molecule has 0 atom stereocenters. The SMILES string of the molecule is CC(=O)Nc1nc(CNC(C)(C)c2nc(C)c(C)s2)cs1. The molecule has 2 rings (SSSR count). The first-order valence-electron chi connectivity index (χ1n) is 6.69. The molecule has 5 nitrogen and oxygen atoms in total. The zero-order valence-electron chi connectivity index (χ0n) is 12.9. The smallest absolute Gasteiger partial charge is 0.223 e. The van der Waals surface area contributed by atoms with E-state index < -0.39 is 0 Å². The predicted molar refractivity (Wildman–Crippen MR) is 87.9 cm³/mol. The minimum absolute atomic E-state index is 0.0991. The third kappa shape index (κ3) is 4.09. The second kappa shape index (κ2) is 6.21. The first-order valence-corrected chi connectivity index (χ1v) is 8.39. The lowest BCUT2D eigenvalue weighted by Crippen LogP contribution is -2.36. The van der Waals surface area contributed by atoms with Crippen molar-refractivity contribution in [3.8, 4) is 0 Å². The molecule has 21 heavy (non-hydrogen) atoms. The van der Waals surface area contributed by atoms with Gasteiger partial charge in [0, 0.05) is 23.7 Å². The highest BCUT2D eigenvalue weighted by atomic mass is 32.1. The standard InChI is InChI=1S/C14H20N4OS2/c1-8-9(2)21-12(16-8)14(4,5)15-6-11-7-20-13(18-11)17-10(3)19/h7,15H,6H2,1-5H3,(H,17,18,19). The molecule has 0 radical (unpaired) electrons. The molecule has 2 aromatic heterocycles. The van der Waals surface area contributed by atoms with Gasteiger partial charge in [-0.15, -0.1) is 22.7 Å². The van der Waals surface area contributed by atoms with Gasteiger partial charge in [-0.3, -0.25) is 4.79 Å². The van der Waals surface area contributed by atoms with Crippen LogP contribution >= 0.6 is 22.7 Å². The first-order chi connectivity index (χ1) is 9.78. The molecule has 0 aromatic carbocycles. The van der Waals surface area contributed by atoms with Gasteiger partial charge >= 0.3 is 0 Å². The number of nitrogens with zero attached hydrogens (tertiary/aromatic N) is 2. The summed E-state index contributed by atoms with van der Waals surface area (Å²) in [7, 11) is 0. The molecule has 0 aliphatic rings. The van der Waals surface area contributed by atoms with Gasteiger partial charge in [0.15, 0.2) is 5.13 Å². The third-order valence-corrected chi connectivity index (χ3v) is 5.31.